The number of amides is 1. The van der Waals surface area contributed by atoms with E-state index >= 15 is 0 Å². The molecule has 2 N–H and O–H groups in total. The lowest BCUT2D eigenvalue weighted by molar-refractivity contribution is 0.211. The number of thiazole rings is 1. The Kier molecular flexibility index (Phi) is 3.89. The number of benzene rings is 2. The van der Waals surface area contributed by atoms with Gasteiger partial charge in [-0.2, -0.15) is 0 Å². The monoisotopic (exact) mass is 310 g/mol. The van der Waals surface area contributed by atoms with Crippen LogP contribution in [-0.4, -0.2) is 11.1 Å². The fourth-order valence-corrected chi connectivity index (χ4v) is 2.94. The number of carbonyl (C=O) groups excluding carboxylic acids is 1. The van der Waals surface area contributed by atoms with Crippen LogP contribution in [0, 0.1) is 6.92 Å². The van der Waals surface area contributed by atoms with Crippen LogP contribution in [-0.2, 0) is 0 Å². The van der Waals surface area contributed by atoms with Crippen molar-refractivity contribution >= 4 is 17.4 Å². The van der Waals surface area contributed by atoms with Crippen molar-refractivity contribution < 1.29 is 9.53 Å². The van der Waals surface area contributed by atoms with E-state index in [1.54, 1.807) is 17.4 Å². The Morgan fingerprint density at radius 2 is 1.91 bits per heavy atom. The molecule has 110 valence electrons. The lowest BCUT2D eigenvalue weighted by atomic mass is 9.97. The molecule has 0 unspecified atom stereocenters. The summed E-state index contributed by atoms with van der Waals surface area (Å²) in [7, 11) is 0. The molecule has 1 aromatic heterocycles. The van der Waals surface area contributed by atoms with Gasteiger partial charge in [0.25, 0.3) is 0 Å². The topological polar surface area (TPSA) is 65.2 Å². The SMILES string of the molecule is Cc1nc(-c2cccc(OC(N)=O)c2-c2ccccc2)cs1. The van der Waals surface area contributed by atoms with E-state index < -0.39 is 6.09 Å². The minimum absolute atomic E-state index is 0.432. The van der Waals surface area contributed by atoms with Gasteiger partial charge in [0.05, 0.1) is 10.7 Å². The lowest BCUT2D eigenvalue weighted by Gasteiger charge is -2.13. The second kappa shape index (κ2) is 5.99. The van der Waals surface area contributed by atoms with E-state index in [0.717, 1.165) is 27.4 Å². The maximum absolute atomic E-state index is 11.2. The third kappa shape index (κ3) is 2.84. The Labute approximate surface area is 132 Å². The van der Waals surface area contributed by atoms with Crippen molar-refractivity contribution in [3.05, 3.63) is 58.9 Å². The number of nitrogens with two attached hydrogens (primary N) is 1. The fourth-order valence-electron chi connectivity index (χ4n) is 2.33. The highest BCUT2D eigenvalue weighted by Gasteiger charge is 2.16. The molecule has 0 bridgehead atoms. The van der Waals surface area contributed by atoms with E-state index in [1.165, 1.54) is 0 Å². The first kappa shape index (κ1) is 14.3. The third-order valence-corrected chi connectivity index (χ3v) is 3.97. The van der Waals surface area contributed by atoms with Crippen LogP contribution in [0.25, 0.3) is 22.4 Å². The average Bonchev–Trinajstić information content (AvgIpc) is 2.94. The highest BCUT2D eigenvalue weighted by molar-refractivity contribution is 7.09. The standard InChI is InChI=1S/C17H14N2O2S/c1-11-19-14(10-22-11)13-8-5-9-15(21-17(18)20)16(13)12-6-3-2-4-7-12/h2-10H,1H3,(H2,18,20). The van der Waals surface area contributed by atoms with Crippen LogP contribution in [0.1, 0.15) is 5.01 Å². The first-order chi connectivity index (χ1) is 10.6. The Hall–Kier alpha value is -2.66. The number of ether oxygens (including phenoxy) is 1. The molecule has 3 rings (SSSR count). The van der Waals surface area contributed by atoms with Crippen LogP contribution in [0.5, 0.6) is 5.75 Å². The molecule has 0 fully saturated rings. The number of rotatable bonds is 3. The molecular weight excluding hydrogens is 296 g/mol. The van der Waals surface area contributed by atoms with Crippen LogP contribution in [0.2, 0.25) is 0 Å². The second-order valence-corrected chi connectivity index (χ2v) is 5.78. The number of nitrogens with zero attached hydrogens (tertiary/aromatic N) is 1. The normalized spacial score (nSPS) is 10.4. The van der Waals surface area contributed by atoms with Gasteiger partial charge < -0.3 is 10.5 Å². The Balaban J connectivity index is 2.23. The molecule has 0 radical (unpaired) electrons. The maximum atomic E-state index is 11.2. The van der Waals surface area contributed by atoms with Gasteiger partial charge in [0.2, 0.25) is 0 Å². The fraction of sp³-hybridized carbons (Fsp3) is 0.0588. The number of aryl methyl sites for hydroxylation is 1. The van der Waals surface area contributed by atoms with Gasteiger partial charge in [-0.25, -0.2) is 9.78 Å². The molecule has 1 amide bonds. The highest BCUT2D eigenvalue weighted by atomic mass is 32.1. The molecule has 0 spiro atoms. The largest absolute Gasteiger partial charge is 0.410 e. The van der Waals surface area contributed by atoms with Crippen molar-refractivity contribution in [3.63, 3.8) is 0 Å². The van der Waals surface area contributed by atoms with Crippen LogP contribution in [0.15, 0.2) is 53.9 Å². The molecule has 0 saturated heterocycles. The van der Waals surface area contributed by atoms with Crippen LogP contribution in [0.4, 0.5) is 4.79 Å². The third-order valence-electron chi connectivity index (χ3n) is 3.19. The van der Waals surface area contributed by atoms with Gasteiger partial charge in [-0.1, -0.05) is 42.5 Å². The summed E-state index contributed by atoms with van der Waals surface area (Å²) >= 11 is 1.58. The molecular formula is C17H14N2O2S. The summed E-state index contributed by atoms with van der Waals surface area (Å²) in [6.07, 6.45) is -0.830. The molecule has 4 nitrogen and oxygen atoms in total. The number of primary amides is 1. The molecule has 0 aliphatic carbocycles. The summed E-state index contributed by atoms with van der Waals surface area (Å²) in [5.74, 6) is 0.432. The number of aromatic nitrogens is 1. The van der Waals surface area contributed by atoms with Crippen molar-refractivity contribution in [2.45, 2.75) is 6.92 Å². The summed E-state index contributed by atoms with van der Waals surface area (Å²) < 4.78 is 5.18. The van der Waals surface area contributed by atoms with Crippen molar-refractivity contribution in [1.82, 2.24) is 4.98 Å². The van der Waals surface area contributed by atoms with Crippen molar-refractivity contribution in [2.24, 2.45) is 5.73 Å². The van der Waals surface area contributed by atoms with Gasteiger partial charge in [0.1, 0.15) is 5.75 Å². The van der Waals surface area contributed by atoms with Gasteiger partial charge in [0.15, 0.2) is 0 Å². The number of carbonyl (C=O) groups is 1. The molecule has 0 aliphatic rings. The van der Waals surface area contributed by atoms with E-state index in [0.29, 0.717) is 5.75 Å². The summed E-state index contributed by atoms with van der Waals surface area (Å²) in [5.41, 5.74) is 8.72. The molecule has 5 heteroatoms. The zero-order valence-corrected chi connectivity index (χ0v) is 12.8. The van der Waals surface area contributed by atoms with E-state index in [4.69, 9.17) is 10.5 Å². The van der Waals surface area contributed by atoms with Gasteiger partial charge in [-0.3, -0.25) is 0 Å². The molecule has 2 aromatic carbocycles. The smallest absolute Gasteiger partial charge is 0.409 e. The van der Waals surface area contributed by atoms with Gasteiger partial charge in [0, 0.05) is 16.5 Å². The summed E-state index contributed by atoms with van der Waals surface area (Å²) in [6.45, 7) is 1.96. The van der Waals surface area contributed by atoms with E-state index in [-0.39, 0.29) is 0 Å². The Morgan fingerprint density at radius 3 is 2.55 bits per heavy atom. The summed E-state index contributed by atoms with van der Waals surface area (Å²) in [4.78, 5) is 15.7. The van der Waals surface area contributed by atoms with E-state index in [9.17, 15) is 4.79 Å². The predicted molar refractivity (Wildman–Crippen MR) is 87.9 cm³/mol. The zero-order valence-electron chi connectivity index (χ0n) is 11.9. The Morgan fingerprint density at radius 1 is 1.14 bits per heavy atom. The molecule has 0 saturated carbocycles. The summed E-state index contributed by atoms with van der Waals surface area (Å²) in [5, 5.41) is 2.97. The van der Waals surface area contributed by atoms with Crippen LogP contribution in [0.3, 0.4) is 0 Å². The van der Waals surface area contributed by atoms with Crippen molar-refractivity contribution in [3.8, 4) is 28.1 Å². The molecule has 0 atom stereocenters. The second-order valence-electron chi connectivity index (χ2n) is 4.72. The van der Waals surface area contributed by atoms with E-state index in [1.807, 2.05) is 54.8 Å². The quantitative estimate of drug-likeness (QED) is 0.786. The minimum Gasteiger partial charge on any atom is -0.410 e. The Bertz CT molecular complexity index is 813. The summed E-state index contributed by atoms with van der Waals surface area (Å²) in [6, 6.07) is 15.3. The van der Waals surface area contributed by atoms with Gasteiger partial charge in [-0.15, -0.1) is 11.3 Å². The van der Waals surface area contributed by atoms with Gasteiger partial charge >= 0.3 is 6.09 Å². The van der Waals surface area contributed by atoms with E-state index in [2.05, 4.69) is 4.98 Å². The van der Waals surface area contributed by atoms with Crippen molar-refractivity contribution in [2.75, 3.05) is 0 Å². The minimum atomic E-state index is -0.830. The first-order valence-corrected chi connectivity index (χ1v) is 7.61. The number of hydrogen-bond donors (Lipinski definition) is 1. The molecule has 1 heterocycles. The molecule has 3 aromatic rings. The average molecular weight is 310 g/mol. The maximum Gasteiger partial charge on any atom is 0.409 e. The lowest BCUT2D eigenvalue weighted by Crippen LogP contribution is -2.16. The van der Waals surface area contributed by atoms with Crippen LogP contribution >= 0.6 is 11.3 Å². The molecule has 0 aliphatic heterocycles. The van der Waals surface area contributed by atoms with Gasteiger partial charge in [-0.05, 0) is 18.6 Å². The first-order valence-electron chi connectivity index (χ1n) is 6.73. The highest BCUT2D eigenvalue weighted by Crippen LogP contribution is 2.39. The predicted octanol–water partition coefficient (Wildman–Crippen LogP) is 4.24. The number of hydrogen-bond acceptors (Lipinski definition) is 4. The zero-order chi connectivity index (χ0) is 15.5. The molecule has 22 heavy (non-hydrogen) atoms. The van der Waals surface area contributed by atoms with Crippen molar-refractivity contribution in [1.29, 1.82) is 0 Å². The van der Waals surface area contributed by atoms with Crippen LogP contribution < -0.4 is 10.5 Å².